The zero-order valence-electron chi connectivity index (χ0n) is 10.0. The Morgan fingerprint density at radius 3 is 2.79 bits per heavy atom. The third-order valence-electron chi connectivity index (χ3n) is 2.39. The highest BCUT2D eigenvalue weighted by Gasteiger charge is 2.12. The SMILES string of the molecule is Cc1cnc(CNC(=O)c2cc(N)c(Cl)c(Cl)c2)o1. The topological polar surface area (TPSA) is 81.2 Å². The number of aryl methyl sites for hydroxylation is 1. The first-order valence-corrected chi connectivity index (χ1v) is 6.17. The molecule has 0 aliphatic carbocycles. The summed E-state index contributed by atoms with van der Waals surface area (Å²) in [7, 11) is 0. The van der Waals surface area contributed by atoms with Gasteiger partial charge in [-0.1, -0.05) is 23.2 Å². The molecule has 0 fully saturated rings. The van der Waals surface area contributed by atoms with Gasteiger partial charge in [0, 0.05) is 5.56 Å². The average molecular weight is 300 g/mol. The second-order valence-electron chi connectivity index (χ2n) is 3.91. The lowest BCUT2D eigenvalue weighted by Gasteiger charge is -2.06. The van der Waals surface area contributed by atoms with Crippen molar-refractivity contribution >= 4 is 34.8 Å². The molecule has 0 aliphatic rings. The van der Waals surface area contributed by atoms with Crippen molar-refractivity contribution < 1.29 is 9.21 Å². The maximum Gasteiger partial charge on any atom is 0.251 e. The highest BCUT2D eigenvalue weighted by molar-refractivity contribution is 6.43. The van der Waals surface area contributed by atoms with Crippen LogP contribution < -0.4 is 11.1 Å². The number of carbonyl (C=O) groups excluding carboxylic acids is 1. The van der Waals surface area contributed by atoms with Crippen LogP contribution in [0, 0.1) is 6.92 Å². The van der Waals surface area contributed by atoms with E-state index in [1.54, 1.807) is 13.1 Å². The van der Waals surface area contributed by atoms with Gasteiger partial charge in [-0.2, -0.15) is 0 Å². The predicted octanol–water partition coefficient (Wildman–Crippen LogP) is 2.80. The summed E-state index contributed by atoms with van der Waals surface area (Å²) >= 11 is 11.7. The molecule has 0 spiro atoms. The Morgan fingerprint density at radius 2 is 2.21 bits per heavy atom. The molecule has 0 saturated carbocycles. The first-order valence-electron chi connectivity index (χ1n) is 5.41. The average Bonchev–Trinajstić information content (AvgIpc) is 2.78. The summed E-state index contributed by atoms with van der Waals surface area (Å²) in [6, 6.07) is 2.92. The molecule has 0 atom stereocenters. The van der Waals surface area contributed by atoms with Crippen LogP contribution in [0.4, 0.5) is 5.69 Å². The van der Waals surface area contributed by atoms with Crippen molar-refractivity contribution in [3.05, 3.63) is 45.6 Å². The van der Waals surface area contributed by atoms with Crippen LogP contribution >= 0.6 is 23.2 Å². The number of nitrogens with two attached hydrogens (primary N) is 1. The molecule has 0 saturated heterocycles. The van der Waals surface area contributed by atoms with Gasteiger partial charge in [-0.05, 0) is 19.1 Å². The van der Waals surface area contributed by atoms with Crippen LogP contribution in [-0.4, -0.2) is 10.9 Å². The summed E-state index contributed by atoms with van der Waals surface area (Å²) in [6.45, 7) is 1.96. The number of anilines is 1. The van der Waals surface area contributed by atoms with Gasteiger partial charge in [0.25, 0.3) is 5.91 Å². The van der Waals surface area contributed by atoms with Gasteiger partial charge < -0.3 is 15.5 Å². The maximum absolute atomic E-state index is 11.9. The van der Waals surface area contributed by atoms with E-state index in [1.165, 1.54) is 12.1 Å². The van der Waals surface area contributed by atoms with Crippen LogP contribution in [0.3, 0.4) is 0 Å². The van der Waals surface area contributed by atoms with E-state index in [1.807, 2.05) is 0 Å². The quantitative estimate of drug-likeness (QED) is 0.854. The van der Waals surface area contributed by atoms with Gasteiger partial charge in [0.05, 0.1) is 28.5 Å². The van der Waals surface area contributed by atoms with Crippen LogP contribution in [0.2, 0.25) is 10.0 Å². The van der Waals surface area contributed by atoms with Gasteiger partial charge in [0.15, 0.2) is 0 Å². The number of carbonyl (C=O) groups is 1. The lowest BCUT2D eigenvalue weighted by molar-refractivity contribution is 0.0947. The Morgan fingerprint density at radius 1 is 1.47 bits per heavy atom. The van der Waals surface area contributed by atoms with E-state index in [9.17, 15) is 4.79 Å². The normalized spacial score (nSPS) is 10.5. The second kappa shape index (κ2) is 5.50. The highest BCUT2D eigenvalue weighted by atomic mass is 35.5. The first-order chi connectivity index (χ1) is 8.97. The molecule has 3 N–H and O–H groups in total. The lowest BCUT2D eigenvalue weighted by Crippen LogP contribution is -2.23. The Balaban J connectivity index is 2.08. The molecule has 0 aliphatic heterocycles. The smallest absolute Gasteiger partial charge is 0.251 e. The molecule has 2 rings (SSSR count). The summed E-state index contributed by atoms with van der Waals surface area (Å²) in [6.07, 6.45) is 1.58. The van der Waals surface area contributed by atoms with E-state index in [0.717, 1.165) is 0 Å². The Labute approximate surface area is 119 Å². The summed E-state index contributed by atoms with van der Waals surface area (Å²) in [5.41, 5.74) is 6.23. The molecular weight excluding hydrogens is 289 g/mol. The van der Waals surface area contributed by atoms with Crippen molar-refractivity contribution in [2.45, 2.75) is 13.5 Å². The van der Waals surface area contributed by atoms with E-state index in [4.69, 9.17) is 33.4 Å². The molecule has 100 valence electrons. The zero-order chi connectivity index (χ0) is 14.0. The van der Waals surface area contributed by atoms with Crippen LogP contribution in [-0.2, 0) is 6.54 Å². The van der Waals surface area contributed by atoms with Crippen molar-refractivity contribution in [3.8, 4) is 0 Å². The molecule has 5 nitrogen and oxygen atoms in total. The third kappa shape index (κ3) is 3.19. The van der Waals surface area contributed by atoms with E-state index >= 15 is 0 Å². The zero-order valence-corrected chi connectivity index (χ0v) is 11.5. The van der Waals surface area contributed by atoms with Crippen LogP contribution in [0.1, 0.15) is 22.0 Å². The van der Waals surface area contributed by atoms with Gasteiger partial charge in [0.1, 0.15) is 5.76 Å². The van der Waals surface area contributed by atoms with Crippen molar-refractivity contribution in [2.24, 2.45) is 0 Å². The van der Waals surface area contributed by atoms with E-state index in [0.29, 0.717) is 17.2 Å². The number of nitrogens with one attached hydrogen (secondary N) is 1. The minimum atomic E-state index is -0.332. The van der Waals surface area contributed by atoms with Crippen molar-refractivity contribution in [1.29, 1.82) is 0 Å². The van der Waals surface area contributed by atoms with Gasteiger partial charge >= 0.3 is 0 Å². The molecule has 7 heteroatoms. The first kappa shape index (κ1) is 13.7. The Kier molecular flexibility index (Phi) is 3.97. The van der Waals surface area contributed by atoms with E-state index in [2.05, 4.69) is 10.3 Å². The number of benzene rings is 1. The number of rotatable bonds is 3. The molecule has 2 aromatic rings. The van der Waals surface area contributed by atoms with Crippen LogP contribution in [0.25, 0.3) is 0 Å². The standard InChI is InChI=1S/C12H11Cl2N3O2/c1-6-4-16-10(19-6)5-17-12(18)7-2-8(13)11(14)9(15)3-7/h2-4H,5,15H2,1H3,(H,17,18). The number of amides is 1. The summed E-state index contributed by atoms with van der Waals surface area (Å²) < 4.78 is 5.24. The Hall–Kier alpha value is -1.72. The summed E-state index contributed by atoms with van der Waals surface area (Å²) in [4.78, 5) is 15.9. The minimum Gasteiger partial charge on any atom is -0.444 e. The van der Waals surface area contributed by atoms with Crippen LogP contribution in [0.15, 0.2) is 22.7 Å². The largest absolute Gasteiger partial charge is 0.444 e. The molecule has 0 unspecified atom stereocenters. The van der Waals surface area contributed by atoms with Gasteiger partial charge in [-0.3, -0.25) is 4.79 Å². The number of aromatic nitrogens is 1. The molecule has 0 bridgehead atoms. The van der Waals surface area contributed by atoms with Gasteiger partial charge in [-0.25, -0.2) is 4.98 Å². The predicted molar refractivity (Wildman–Crippen MR) is 73.3 cm³/mol. The second-order valence-corrected chi connectivity index (χ2v) is 4.69. The molecule has 1 aromatic heterocycles. The maximum atomic E-state index is 11.9. The number of halogens is 2. The molecule has 0 radical (unpaired) electrons. The van der Waals surface area contributed by atoms with Crippen LogP contribution in [0.5, 0.6) is 0 Å². The number of oxazole rings is 1. The fourth-order valence-corrected chi connectivity index (χ4v) is 1.82. The van der Waals surface area contributed by atoms with Crippen molar-refractivity contribution in [3.63, 3.8) is 0 Å². The summed E-state index contributed by atoms with van der Waals surface area (Å²) in [5.74, 6) is 0.781. The number of nitrogen functional groups attached to an aromatic ring is 1. The monoisotopic (exact) mass is 299 g/mol. The number of hydrogen-bond acceptors (Lipinski definition) is 4. The lowest BCUT2D eigenvalue weighted by atomic mass is 10.2. The number of nitrogens with zero attached hydrogens (tertiary/aromatic N) is 1. The molecule has 1 amide bonds. The molecule has 19 heavy (non-hydrogen) atoms. The number of hydrogen-bond donors (Lipinski definition) is 2. The van der Waals surface area contributed by atoms with E-state index in [-0.39, 0.29) is 28.2 Å². The third-order valence-corrected chi connectivity index (χ3v) is 3.20. The van der Waals surface area contributed by atoms with Crippen molar-refractivity contribution in [1.82, 2.24) is 10.3 Å². The molecule has 1 aromatic carbocycles. The highest BCUT2D eigenvalue weighted by Crippen LogP contribution is 2.29. The summed E-state index contributed by atoms with van der Waals surface area (Å²) in [5, 5.41) is 3.12. The fraction of sp³-hybridized carbons (Fsp3) is 0.167. The van der Waals surface area contributed by atoms with Gasteiger partial charge in [-0.15, -0.1) is 0 Å². The molecular formula is C12H11Cl2N3O2. The van der Waals surface area contributed by atoms with Crippen molar-refractivity contribution in [2.75, 3.05) is 5.73 Å². The Bertz CT molecular complexity index is 602. The fourth-order valence-electron chi connectivity index (χ4n) is 1.48. The van der Waals surface area contributed by atoms with Gasteiger partial charge in [0.2, 0.25) is 5.89 Å². The minimum absolute atomic E-state index is 0.187. The molecule has 1 heterocycles. The van der Waals surface area contributed by atoms with E-state index < -0.39 is 0 Å².